The molecule has 0 radical (unpaired) electrons. The molecule has 0 aromatic rings. The van der Waals surface area contributed by atoms with Crippen LogP contribution < -0.4 is 0 Å². The highest BCUT2D eigenvalue weighted by Gasteiger charge is 3.02. The third kappa shape index (κ3) is 0.0892. The fraction of sp³-hybridized carbons (Fsp3) is 1.00. The summed E-state index contributed by atoms with van der Waals surface area (Å²) in [5.74, 6) is 2.57. The van der Waals surface area contributed by atoms with Gasteiger partial charge in [-0.05, 0) is 48.3 Å². The molecular formula is C8H10. The molecule has 42 valence electrons. The van der Waals surface area contributed by atoms with Crippen molar-refractivity contribution in [2.24, 2.45) is 22.7 Å². The summed E-state index contributed by atoms with van der Waals surface area (Å²) >= 11 is 0. The molecule has 0 N–H and O–H groups in total. The summed E-state index contributed by atoms with van der Waals surface area (Å²) in [5, 5.41) is 0. The van der Waals surface area contributed by atoms with E-state index in [9.17, 15) is 0 Å². The lowest BCUT2D eigenvalue weighted by molar-refractivity contribution is 0.144. The van der Waals surface area contributed by atoms with Crippen LogP contribution in [0.2, 0.25) is 0 Å². The Labute approximate surface area is 49.3 Å². The first kappa shape index (κ1) is 3.24. The summed E-state index contributed by atoms with van der Waals surface area (Å²) in [6.45, 7) is 0. The first-order valence-electron chi connectivity index (χ1n) is 3.93. The van der Waals surface area contributed by atoms with Crippen LogP contribution in [0.5, 0.6) is 0 Å². The molecule has 4 aliphatic rings. The molecule has 0 bridgehead atoms. The van der Waals surface area contributed by atoms with Crippen molar-refractivity contribution in [2.75, 3.05) is 0 Å². The second-order valence-corrected chi connectivity index (χ2v) is 4.26. The Hall–Kier alpha value is 0. The van der Waals surface area contributed by atoms with Gasteiger partial charge in [-0.3, -0.25) is 0 Å². The van der Waals surface area contributed by atoms with Gasteiger partial charge in [0.2, 0.25) is 0 Å². The van der Waals surface area contributed by atoms with Crippen LogP contribution in [0.25, 0.3) is 0 Å². The highest BCUT2D eigenvalue weighted by Crippen LogP contribution is 3.08. The van der Waals surface area contributed by atoms with E-state index >= 15 is 0 Å². The molecular weight excluding hydrogens is 96.1 g/mol. The smallest absolute Gasteiger partial charge is 0.0167 e. The van der Waals surface area contributed by atoms with Crippen molar-refractivity contribution >= 4 is 0 Å². The molecule has 0 heteroatoms. The van der Waals surface area contributed by atoms with Gasteiger partial charge in [-0.25, -0.2) is 0 Å². The molecule has 0 atom stereocenters. The van der Waals surface area contributed by atoms with E-state index in [0.29, 0.717) is 0 Å². The summed E-state index contributed by atoms with van der Waals surface area (Å²) in [4.78, 5) is 0. The van der Waals surface area contributed by atoms with E-state index in [2.05, 4.69) is 0 Å². The van der Waals surface area contributed by atoms with Gasteiger partial charge in [0.15, 0.2) is 0 Å². The van der Waals surface area contributed by atoms with Gasteiger partial charge < -0.3 is 0 Å². The second-order valence-electron chi connectivity index (χ2n) is 4.26. The fourth-order valence-corrected chi connectivity index (χ4v) is 4.41. The molecule has 4 aliphatic carbocycles. The summed E-state index contributed by atoms with van der Waals surface area (Å²) in [6, 6.07) is 0. The Morgan fingerprint density at radius 3 is 1.50 bits per heavy atom. The minimum absolute atomic E-state index is 1.06. The zero-order chi connectivity index (χ0) is 4.98. The van der Waals surface area contributed by atoms with Gasteiger partial charge in [0.1, 0.15) is 0 Å². The van der Waals surface area contributed by atoms with Crippen molar-refractivity contribution in [1.29, 1.82) is 0 Å². The summed E-state index contributed by atoms with van der Waals surface area (Å²) < 4.78 is 0. The predicted molar refractivity (Wildman–Crippen MR) is 30.3 cm³/mol. The van der Waals surface area contributed by atoms with Gasteiger partial charge in [-0.1, -0.05) is 0 Å². The van der Waals surface area contributed by atoms with E-state index in [-0.39, 0.29) is 0 Å². The number of rotatable bonds is 0. The fourth-order valence-electron chi connectivity index (χ4n) is 4.41. The SMILES string of the molecule is C1CC23C1C21CCC31. The van der Waals surface area contributed by atoms with Crippen LogP contribution in [0.3, 0.4) is 0 Å². The van der Waals surface area contributed by atoms with Crippen LogP contribution in [-0.4, -0.2) is 0 Å². The van der Waals surface area contributed by atoms with Crippen LogP contribution in [0, 0.1) is 22.7 Å². The van der Waals surface area contributed by atoms with Gasteiger partial charge in [-0.2, -0.15) is 0 Å². The second kappa shape index (κ2) is 0.521. The third-order valence-electron chi connectivity index (χ3n) is 4.88. The lowest BCUT2D eigenvalue weighted by atomic mass is 9.70. The van der Waals surface area contributed by atoms with E-state index in [0.717, 1.165) is 10.8 Å². The Morgan fingerprint density at radius 2 is 1.38 bits per heavy atom. The van der Waals surface area contributed by atoms with E-state index in [1.807, 2.05) is 0 Å². The molecule has 0 aliphatic heterocycles. The molecule has 0 amide bonds. The maximum Gasteiger partial charge on any atom is -0.0167 e. The first-order valence-corrected chi connectivity index (χ1v) is 3.93. The monoisotopic (exact) mass is 106 g/mol. The van der Waals surface area contributed by atoms with E-state index in [4.69, 9.17) is 0 Å². The molecule has 2 spiro atoms. The van der Waals surface area contributed by atoms with Crippen LogP contribution in [0.15, 0.2) is 0 Å². The molecule has 0 aromatic carbocycles. The van der Waals surface area contributed by atoms with Crippen molar-refractivity contribution < 1.29 is 0 Å². The largest absolute Gasteiger partial charge is 0.0488 e. The summed E-state index contributed by atoms with van der Waals surface area (Å²) in [7, 11) is 0. The van der Waals surface area contributed by atoms with E-state index in [1.165, 1.54) is 11.8 Å². The average Bonchev–Trinajstić information content (AvgIpc) is 2.23. The van der Waals surface area contributed by atoms with Crippen molar-refractivity contribution in [3.8, 4) is 0 Å². The third-order valence-corrected chi connectivity index (χ3v) is 4.88. The van der Waals surface area contributed by atoms with Crippen LogP contribution in [-0.2, 0) is 0 Å². The van der Waals surface area contributed by atoms with Gasteiger partial charge >= 0.3 is 0 Å². The van der Waals surface area contributed by atoms with Gasteiger partial charge in [0.25, 0.3) is 0 Å². The molecule has 8 heavy (non-hydrogen) atoms. The molecule has 0 heterocycles. The molecule has 4 fully saturated rings. The first-order chi connectivity index (χ1) is 3.93. The van der Waals surface area contributed by atoms with Crippen molar-refractivity contribution in [1.82, 2.24) is 0 Å². The average molecular weight is 106 g/mol. The van der Waals surface area contributed by atoms with Crippen molar-refractivity contribution in [3.63, 3.8) is 0 Å². The van der Waals surface area contributed by atoms with Crippen molar-refractivity contribution in [2.45, 2.75) is 25.7 Å². The molecule has 0 nitrogen and oxygen atoms in total. The lowest BCUT2D eigenvalue weighted by Crippen LogP contribution is -2.26. The molecule has 4 saturated carbocycles. The highest BCUT2D eigenvalue weighted by molar-refractivity contribution is 5.50. The molecule has 0 aromatic heterocycles. The molecule has 0 saturated heterocycles. The Bertz CT molecular complexity index is 162. The highest BCUT2D eigenvalue weighted by atomic mass is 15.1. The number of hydrogen-bond acceptors (Lipinski definition) is 0. The van der Waals surface area contributed by atoms with Gasteiger partial charge in [0.05, 0.1) is 0 Å². The molecule has 4 rings (SSSR count). The summed E-state index contributed by atoms with van der Waals surface area (Å²) in [6.07, 6.45) is 6.47. The van der Waals surface area contributed by atoms with Gasteiger partial charge in [0, 0.05) is 0 Å². The van der Waals surface area contributed by atoms with Crippen molar-refractivity contribution in [3.05, 3.63) is 0 Å². The molecule has 0 unspecified atom stereocenters. The quantitative estimate of drug-likeness (QED) is 0.441. The minimum atomic E-state index is 1.06. The lowest BCUT2D eigenvalue weighted by Gasteiger charge is -2.35. The normalized spacial score (nSPS) is 87.0. The predicted octanol–water partition coefficient (Wildman–Crippen LogP) is 1.81. The zero-order valence-electron chi connectivity index (χ0n) is 4.98. The Morgan fingerprint density at radius 1 is 0.875 bits per heavy atom. The maximum atomic E-state index is 1.63. The van der Waals surface area contributed by atoms with Crippen LogP contribution >= 0.6 is 0 Å². The summed E-state index contributed by atoms with van der Waals surface area (Å²) in [5.41, 5.74) is 2.12. The van der Waals surface area contributed by atoms with E-state index < -0.39 is 0 Å². The zero-order valence-corrected chi connectivity index (χ0v) is 4.98. The standard InChI is InChI=1S/C8H10/c1-3-7-5(1)8(7)4-2-6(7)8/h5-6H,1-4H2. The Kier molecular flexibility index (Phi) is 0.211. The number of hydrogen-bond donors (Lipinski definition) is 0. The Balaban J connectivity index is 2.01. The van der Waals surface area contributed by atoms with Gasteiger partial charge in [-0.15, -0.1) is 0 Å². The topological polar surface area (TPSA) is 0 Å². The minimum Gasteiger partial charge on any atom is -0.0488 e. The van der Waals surface area contributed by atoms with Crippen LogP contribution in [0.1, 0.15) is 25.7 Å². The maximum absolute atomic E-state index is 1.63. The van der Waals surface area contributed by atoms with E-state index in [1.54, 1.807) is 25.7 Å². The van der Waals surface area contributed by atoms with Crippen LogP contribution in [0.4, 0.5) is 0 Å².